The molecule has 2 aromatic rings. The molecule has 8 heteroatoms. The Hall–Kier alpha value is -3.26. The first-order valence-electron chi connectivity index (χ1n) is 9.56. The summed E-state index contributed by atoms with van der Waals surface area (Å²) in [5, 5.41) is 16.7. The van der Waals surface area contributed by atoms with E-state index < -0.39 is 4.92 Å². The van der Waals surface area contributed by atoms with Gasteiger partial charge in [-0.1, -0.05) is 24.3 Å². The van der Waals surface area contributed by atoms with E-state index in [1.54, 1.807) is 19.1 Å². The first-order valence-corrected chi connectivity index (χ1v) is 9.56. The number of para-hydroxylation sites is 1. The Labute approximate surface area is 169 Å². The van der Waals surface area contributed by atoms with Gasteiger partial charge >= 0.3 is 0 Å². The minimum Gasteiger partial charge on any atom is -0.326 e. The van der Waals surface area contributed by atoms with E-state index in [-0.39, 0.29) is 30.0 Å². The third kappa shape index (κ3) is 5.39. The summed E-state index contributed by atoms with van der Waals surface area (Å²) in [6, 6.07) is 13.9. The van der Waals surface area contributed by atoms with Crippen molar-refractivity contribution in [2.75, 3.05) is 30.3 Å². The number of nitro groups is 1. The van der Waals surface area contributed by atoms with Crippen LogP contribution in [0.15, 0.2) is 48.5 Å². The zero-order valence-electron chi connectivity index (χ0n) is 16.3. The highest BCUT2D eigenvalue weighted by molar-refractivity contribution is 5.94. The van der Waals surface area contributed by atoms with Gasteiger partial charge in [-0.15, -0.1) is 0 Å². The maximum atomic E-state index is 12.5. The lowest BCUT2D eigenvalue weighted by Crippen LogP contribution is -2.44. The number of anilines is 2. The van der Waals surface area contributed by atoms with E-state index in [2.05, 4.69) is 10.6 Å². The van der Waals surface area contributed by atoms with Crippen LogP contribution in [0.5, 0.6) is 0 Å². The van der Waals surface area contributed by atoms with Crippen LogP contribution in [0.2, 0.25) is 0 Å². The Morgan fingerprint density at radius 3 is 2.62 bits per heavy atom. The van der Waals surface area contributed by atoms with Crippen molar-refractivity contribution in [1.82, 2.24) is 4.90 Å². The lowest BCUT2D eigenvalue weighted by molar-refractivity contribution is -0.385. The second-order valence-electron chi connectivity index (χ2n) is 7.18. The fourth-order valence-corrected chi connectivity index (χ4v) is 3.53. The molecule has 0 radical (unpaired) electrons. The number of benzene rings is 2. The molecule has 1 atom stereocenters. The normalized spacial score (nSPS) is 16.8. The van der Waals surface area contributed by atoms with Gasteiger partial charge in [0.1, 0.15) is 0 Å². The largest absolute Gasteiger partial charge is 0.326 e. The topological polar surface area (TPSA) is 105 Å². The number of carbonyl (C=O) groups is 2. The molecule has 1 fully saturated rings. The van der Waals surface area contributed by atoms with Crippen molar-refractivity contribution in [3.05, 3.63) is 64.2 Å². The number of hydrogen-bond donors (Lipinski definition) is 2. The maximum Gasteiger partial charge on any atom is 0.274 e. The minimum absolute atomic E-state index is 0.0292. The summed E-state index contributed by atoms with van der Waals surface area (Å²) in [6.07, 6.45) is 1.61. The Balaban J connectivity index is 1.56. The van der Waals surface area contributed by atoms with Crippen LogP contribution in [0, 0.1) is 23.0 Å². The molecule has 1 heterocycles. The number of nitrogens with zero attached hydrogens (tertiary/aromatic N) is 2. The Kier molecular flexibility index (Phi) is 6.56. The molecule has 1 saturated heterocycles. The molecular weight excluding hydrogens is 372 g/mol. The van der Waals surface area contributed by atoms with Crippen LogP contribution in [-0.2, 0) is 9.59 Å². The first-order chi connectivity index (χ1) is 13.9. The van der Waals surface area contributed by atoms with Crippen LogP contribution < -0.4 is 10.6 Å². The molecular formula is C21H24N4O4. The molecule has 2 aromatic carbocycles. The first kappa shape index (κ1) is 20.5. The van der Waals surface area contributed by atoms with E-state index in [1.165, 1.54) is 6.07 Å². The molecule has 0 saturated carbocycles. The number of hydrogen-bond acceptors (Lipinski definition) is 5. The molecule has 1 unspecified atom stereocenters. The average Bonchev–Trinajstić information content (AvgIpc) is 2.70. The lowest BCUT2D eigenvalue weighted by Gasteiger charge is -2.31. The molecule has 0 aliphatic carbocycles. The van der Waals surface area contributed by atoms with Crippen LogP contribution in [-0.4, -0.2) is 41.3 Å². The fraction of sp³-hybridized carbons (Fsp3) is 0.333. The van der Waals surface area contributed by atoms with Gasteiger partial charge in [-0.3, -0.25) is 24.6 Å². The highest BCUT2D eigenvalue weighted by Gasteiger charge is 2.27. The standard InChI is InChI=1S/C21H24N4O4/c1-15-18(10-5-11-19(15)25(28)29)23-20(26)14-24-12-6-7-16(13-24)21(27)22-17-8-3-2-4-9-17/h2-5,8-11,16H,6-7,12-14H2,1H3,(H,22,27)(H,23,26). The SMILES string of the molecule is Cc1c(NC(=O)CN2CCCC(C(=O)Nc3ccccc3)C2)cccc1[N+](=O)[O-]. The number of piperidine rings is 1. The molecule has 152 valence electrons. The number of carbonyl (C=O) groups excluding carboxylic acids is 2. The number of amides is 2. The van der Waals surface area contributed by atoms with E-state index in [0.29, 0.717) is 17.8 Å². The smallest absolute Gasteiger partial charge is 0.274 e. The van der Waals surface area contributed by atoms with Crippen molar-refractivity contribution in [3.63, 3.8) is 0 Å². The summed E-state index contributed by atoms with van der Waals surface area (Å²) in [5.74, 6) is -0.482. The molecule has 1 aliphatic heterocycles. The van der Waals surface area contributed by atoms with Gasteiger partial charge in [-0.2, -0.15) is 0 Å². The second kappa shape index (κ2) is 9.29. The molecule has 3 rings (SSSR count). The van der Waals surface area contributed by atoms with Crippen molar-refractivity contribution < 1.29 is 14.5 Å². The van der Waals surface area contributed by atoms with Crippen LogP contribution in [0.4, 0.5) is 17.1 Å². The number of nitrogens with one attached hydrogen (secondary N) is 2. The van der Waals surface area contributed by atoms with E-state index in [4.69, 9.17) is 0 Å². The van der Waals surface area contributed by atoms with Crippen LogP contribution in [0.3, 0.4) is 0 Å². The zero-order valence-corrected chi connectivity index (χ0v) is 16.3. The highest BCUT2D eigenvalue weighted by atomic mass is 16.6. The Morgan fingerprint density at radius 1 is 1.14 bits per heavy atom. The van der Waals surface area contributed by atoms with Crippen molar-refractivity contribution in [2.24, 2.45) is 5.92 Å². The molecule has 0 bridgehead atoms. The molecule has 2 N–H and O–H groups in total. The summed E-state index contributed by atoms with van der Waals surface area (Å²) >= 11 is 0. The summed E-state index contributed by atoms with van der Waals surface area (Å²) < 4.78 is 0. The molecule has 29 heavy (non-hydrogen) atoms. The third-order valence-electron chi connectivity index (χ3n) is 5.06. The molecule has 1 aliphatic rings. The zero-order chi connectivity index (χ0) is 20.8. The van der Waals surface area contributed by atoms with E-state index in [0.717, 1.165) is 25.1 Å². The Bertz CT molecular complexity index is 901. The minimum atomic E-state index is -0.467. The van der Waals surface area contributed by atoms with Crippen molar-refractivity contribution in [1.29, 1.82) is 0 Å². The third-order valence-corrected chi connectivity index (χ3v) is 5.06. The van der Waals surface area contributed by atoms with Gasteiger partial charge in [0, 0.05) is 18.3 Å². The number of nitro benzene ring substituents is 1. The summed E-state index contributed by atoms with van der Waals surface area (Å²) in [7, 11) is 0. The summed E-state index contributed by atoms with van der Waals surface area (Å²) in [6.45, 7) is 2.98. The van der Waals surface area contributed by atoms with E-state index >= 15 is 0 Å². The second-order valence-corrected chi connectivity index (χ2v) is 7.18. The maximum absolute atomic E-state index is 12.5. The van der Waals surface area contributed by atoms with E-state index in [1.807, 2.05) is 35.2 Å². The highest BCUT2D eigenvalue weighted by Crippen LogP contribution is 2.25. The van der Waals surface area contributed by atoms with Crippen molar-refractivity contribution in [3.8, 4) is 0 Å². The molecule has 0 aromatic heterocycles. The molecule has 8 nitrogen and oxygen atoms in total. The van der Waals surface area contributed by atoms with Crippen molar-refractivity contribution >= 4 is 28.9 Å². The van der Waals surface area contributed by atoms with Crippen LogP contribution >= 0.6 is 0 Å². The van der Waals surface area contributed by atoms with Gasteiger partial charge in [-0.25, -0.2) is 0 Å². The van der Waals surface area contributed by atoms with Gasteiger partial charge < -0.3 is 10.6 Å². The monoisotopic (exact) mass is 396 g/mol. The van der Waals surface area contributed by atoms with Gasteiger partial charge in [0.25, 0.3) is 5.69 Å². The fourth-order valence-electron chi connectivity index (χ4n) is 3.53. The number of rotatable bonds is 6. The quantitative estimate of drug-likeness (QED) is 0.576. The average molecular weight is 396 g/mol. The summed E-state index contributed by atoms with van der Waals surface area (Å²) in [5.41, 5.74) is 1.58. The Morgan fingerprint density at radius 2 is 1.90 bits per heavy atom. The predicted molar refractivity (Wildman–Crippen MR) is 111 cm³/mol. The van der Waals surface area contributed by atoms with E-state index in [9.17, 15) is 19.7 Å². The van der Waals surface area contributed by atoms with Crippen LogP contribution in [0.1, 0.15) is 18.4 Å². The van der Waals surface area contributed by atoms with Gasteiger partial charge in [0.2, 0.25) is 11.8 Å². The van der Waals surface area contributed by atoms with Gasteiger partial charge in [0.05, 0.1) is 28.6 Å². The van der Waals surface area contributed by atoms with Crippen molar-refractivity contribution in [2.45, 2.75) is 19.8 Å². The lowest BCUT2D eigenvalue weighted by atomic mass is 9.97. The molecule has 0 spiro atoms. The summed E-state index contributed by atoms with van der Waals surface area (Å²) in [4.78, 5) is 37.5. The van der Waals surface area contributed by atoms with Gasteiger partial charge in [-0.05, 0) is 44.5 Å². The van der Waals surface area contributed by atoms with Gasteiger partial charge in [0.15, 0.2) is 0 Å². The van der Waals surface area contributed by atoms with Crippen LogP contribution in [0.25, 0.3) is 0 Å². The number of likely N-dealkylation sites (tertiary alicyclic amines) is 1. The predicted octanol–water partition coefficient (Wildman–Crippen LogP) is 3.19. The molecule has 2 amide bonds.